The van der Waals surface area contributed by atoms with Crippen LogP contribution in [0.5, 0.6) is 0 Å². The predicted octanol–water partition coefficient (Wildman–Crippen LogP) is 2.02. The van der Waals surface area contributed by atoms with Gasteiger partial charge in [0.2, 0.25) is 5.91 Å². The van der Waals surface area contributed by atoms with Crippen LogP contribution in [0.2, 0.25) is 0 Å². The summed E-state index contributed by atoms with van der Waals surface area (Å²) < 4.78 is 0. The van der Waals surface area contributed by atoms with Gasteiger partial charge in [-0.3, -0.25) is 9.59 Å². The molecule has 104 valence electrons. The van der Waals surface area contributed by atoms with Crippen molar-refractivity contribution in [3.05, 3.63) is 35.4 Å². The van der Waals surface area contributed by atoms with Crippen LogP contribution >= 0.6 is 11.6 Å². The number of halogens is 1. The van der Waals surface area contributed by atoms with Gasteiger partial charge in [-0.05, 0) is 24.1 Å². The lowest BCUT2D eigenvalue weighted by molar-refractivity contribution is -0.121. The van der Waals surface area contributed by atoms with Gasteiger partial charge in [0.05, 0.1) is 6.54 Å². The lowest BCUT2D eigenvalue weighted by Gasteiger charge is -2.17. The van der Waals surface area contributed by atoms with Gasteiger partial charge in [0.15, 0.2) is 0 Å². The zero-order valence-electron chi connectivity index (χ0n) is 11.3. The lowest BCUT2D eigenvalue weighted by Crippen LogP contribution is -2.38. The molecule has 0 spiro atoms. The van der Waals surface area contributed by atoms with Gasteiger partial charge in [-0.15, -0.1) is 11.6 Å². The molecule has 0 saturated carbocycles. The highest BCUT2D eigenvalue weighted by Crippen LogP contribution is 2.09. The van der Waals surface area contributed by atoms with Gasteiger partial charge in [-0.2, -0.15) is 0 Å². The smallest absolute Gasteiger partial charge is 0.254 e. The molecule has 4 nitrogen and oxygen atoms in total. The van der Waals surface area contributed by atoms with Crippen LogP contribution in [-0.2, 0) is 10.7 Å². The minimum atomic E-state index is -0.182. The van der Waals surface area contributed by atoms with Gasteiger partial charge >= 0.3 is 0 Å². The molecule has 0 bridgehead atoms. The third-order valence-electron chi connectivity index (χ3n) is 2.63. The number of nitrogens with zero attached hydrogens (tertiary/aromatic N) is 1. The minimum Gasteiger partial charge on any atom is -0.355 e. The number of carbonyl (C=O) groups is 2. The second-order valence-corrected chi connectivity index (χ2v) is 4.61. The van der Waals surface area contributed by atoms with E-state index in [1.165, 1.54) is 4.90 Å². The van der Waals surface area contributed by atoms with E-state index in [-0.39, 0.29) is 18.4 Å². The summed E-state index contributed by atoms with van der Waals surface area (Å²) in [6.07, 6.45) is 0.876. The highest BCUT2D eigenvalue weighted by Gasteiger charge is 2.14. The molecule has 0 heterocycles. The average molecular weight is 283 g/mol. The van der Waals surface area contributed by atoms with Crippen LogP contribution in [0.25, 0.3) is 0 Å². The third kappa shape index (κ3) is 4.91. The van der Waals surface area contributed by atoms with Crippen molar-refractivity contribution in [3.63, 3.8) is 0 Å². The number of amides is 2. The molecular weight excluding hydrogens is 264 g/mol. The van der Waals surface area contributed by atoms with Crippen LogP contribution in [0.4, 0.5) is 0 Å². The molecule has 1 rings (SSSR count). The quantitative estimate of drug-likeness (QED) is 0.812. The van der Waals surface area contributed by atoms with Gasteiger partial charge < -0.3 is 10.2 Å². The van der Waals surface area contributed by atoms with Gasteiger partial charge in [0.25, 0.3) is 5.91 Å². The molecule has 0 radical (unpaired) electrons. The van der Waals surface area contributed by atoms with Gasteiger partial charge in [-0.1, -0.05) is 19.1 Å². The number of hydrogen-bond donors (Lipinski definition) is 1. The zero-order valence-corrected chi connectivity index (χ0v) is 12.0. The summed E-state index contributed by atoms with van der Waals surface area (Å²) >= 11 is 5.74. The van der Waals surface area contributed by atoms with E-state index < -0.39 is 0 Å². The zero-order chi connectivity index (χ0) is 14.3. The molecule has 1 aromatic carbocycles. The van der Waals surface area contributed by atoms with Crippen molar-refractivity contribution in [2.24, 2.45) is 0 Å². The van der Waals surface area contributed by atoms with Gasteiger partial charge in [0, 0.05) is 25.0 Å². The fourth-order valence-electron chi connectivity index (χ4n) is 1.62. The summed E-state index contributed by atoms with van der Waals surface area (Å²) in [7, 11) is 1.61. The molecule has 5 heteroatoms. The number of likely N-dealkylation sites (N-methyl/N-ethyl adjacent to an activating group) is 1. The summed E-state index contributed by atoms with van der Waals surface area (Å²) in [5.41, 5.74) is 1.43. The number of alkyl halides is 1. The topological polar surface area (TPSA) is 49.4 Å². The first kappa shape index (κ1) is 15.5. The van der Waals surface area contributed by atoms with Crippen LogP contribution in [0.3, 0.4) is 0 Å². The summed E-state index contributed by atoms with van der Waals surface area (Å²) in [5, 5.41) is 2.74. The molecule has 0 aliphatic carbocycles. The monoisotopic (exact) mass is 282 g/mol. The Bertz CT molecular complexity index is 449. The molecular formula is C14H19ClN2O2. The van der Waals surface area contributed by atoms with Crippen molar-refractivity contribution in [2.45, 2.75) is 19.2 Å². The molecule has 0 atom stereocenters. The third-order valence-corrected chi connectivity index (χ3v) is 2.94. The molecule has 0 aliphatic heterocycles. The summed E-state index contributed by atoms with van der Waals surface area (Å²) in [5.74, 6) is 0.0340. The molecule has 0 aromatic heterocycles. The maximum Gasteiger partial charge on any atom is 0.254 e. The van der Waals surface area contributed by atoms with Crippen molar-refractivity contribution in [2.75, 3.05) is 20.1 Å². The molecule has 1 aromatic rings. The maximum atomic E-state index is 12.1. The number of rotatable bonds is 6. The van der Waals surface area contributed by atoms with Crippen LogP contribution in [0, 0.1) is 0 Å². The first-order chi connectivity index (χ1) is 9.08. The molecule has 0 unspecified atom stereocenters. The van der Waals surface area contributed by atoms with E-state index in [4.69, 9.17) is 11.6 Å². The first-order valence-corrected chi connectivity index (χ1v) is 6.79. The van der Waals surface area contributed by atoms with E-state index in [1.807, 2.05) is 13.0 Å². The van der Waals surface area contributed by atoms with Crippen LogP contribution in [0.15, 0.2) is 24.3 Å². The summed E-state index contributed by atoms with van der Waals surface area (Å²) in [4.78, 5) is 25.1. The van der Waals surface area contributed by atoms with Crippen LogP contribution < -0.4 is 5.32 Å². The Kier molecular flexibility index (Phi) is 6.36. The van der Waals surface area contributed by atoms with Crippen molar-refractivity contribution in [1.29, 1.82) is 0 Å². The average Bonchev–Trinajstić information content (AvgIpc) is 2.44. The Hall–Kier alpha value is -1.55. The normalized spacial score (nSPS) is 10.1. The SMILES string of the molecule is CCCNC(=O)CN(C)C(=O)c1cccc(CCl)c1. The molecule has 0 saturated heterocycles. The number of hydrogen-bond acceptors (Lipinski definition) is 2. The van der Waals surface area contributed by atoms with Crippen molar-refractivity contribution in [1.82, 2.24) is 10.2 Å². The maximum absolute atomic E-state index is 12.1. The van der Waals surface area contributed by atoms with Crippen molar-refractivity contribution >= 4 is 23.4 Å². The Labute approximate surface area is 118 Å². The molecule has 19 heavy (non-hydrogen) atoms. The van der Waals surface area contributed by atoms with Crippen molar-refractivity contribution < 1.29 is 9.59 Å². The second kappa shape index (κ2) is 7.79. The van der Waals surface area contributed by atoms with E-state index in [9.17, 15) is 9.59 Å². The molecule has 1 N–H and O–H groups in total. The standard InChI is InChI=1S/C14H19ClN2O2/c1-3-7-16-13(18)10-17(2)14(19)12-6-4-5-11(8-12)9-15/h4-6,8H,3,7,9-10H2,1-2H3,(H,16,18). The Morgan fingerprint density at radius 3 is 2.74 bits per heavy atom. The first-order valence-electron chi connectivity index (χ1n) is 6.25. The van der Waals surface area contributed by atoms with E-state index >= 15 is 0 Å². The summed E-state index contributed by atoms with van der Waals surface area (Å²) in [6, 6.07) is 7.11. The van der Waals surface area contributed by atoms with Gasteiger partial charge in [-0.25, -0.2) is 0 Å². The number of nitrogens with one attached hydrogen (secondary N) is 1. The molecule has 2 amide bonds. The molecule has 0 fully saturated rings. The highest BCUT2D eigenvalue weighted by atomic mass is 35.5. The second-order valence-electron chi connectivity index (χ2n) is 4.35. The highest BCUT2D eigenvalue weighted by molar-refractivity contribution is 6.17. The molecule has 0 aliphatic rings. The van der Waals surface area contributed by atoms with Crippen LogP contribution in [0.1, 0.15) is 29.3 Å². The Morgan fingerprint density at radius 1 is 1.37 bits per heavy atom. The van der Waals surface area contributed by atoms with E-state index in [0.717, 1.165) is 12.0 Å². The van der Waals surface area contributed by atoms with Crippen LogP contribution in [-0.4, -0.2) is 36.9 Å². The largest absolute Gasteiger partial charge is 0.355 e. The fraction of sp³-hybridized carbons (Fsp3) is 0.429. The minimum absolute atomic E-state index is 0.0595. The summed E-state index contributed by atoms with van der Waals surface area (Å²) in [6.45, 7) is 2.67. The van der Waals surface area contributed by atoms with E-state index in [2.05, 4.69) is 5.32 Å². The van der Waals surface area contributed by atoms with E-state index in [0.29, 0.717) is 18.0 Å². The van der Waals surface area contributed by atoms with Crippen molar-refractivity contribution in [3.8, 4) is 0 Å². The Morgan fingerprint density at radius 2 is 2.11 bits per heavy atom. The van der Waals surface area contributed by atoms with Gasteiger partial charge in [0.1, 0.15) is 0 Å². The fourth-order valence-corrected chi connectivity index (χ4v) is 1.78. The number of benzene rings is 1. The predicted molar refractivity (Wildman–Crippen MR) is 76.3 cm³/mol. The Balaban J connectivity index is 2.63. The number of carbonyl (C=O) groups excluding carboxylic acids is 2. The lowest BCUT2D eigenvalue weighted by atomic mass is 10.1. The van der Waals surface area contributed by atoms with E-state index in [1.54, 1.807) is 25.2 Å².